The molecule has 0 spiro atoms. The first-order valence-electron chi connectivity index (χ1n) is 12.6. The maximum atomic E-state index is 10.2. The average Bonchev–Trinajstić information content (AvgIpc) is 2.99. The summed E-state index contributed by atoms with van der Waals surface area (Å²) in [5, 5.41) is 10.2. The predicted molar refractivity (Wildman–Crippen MR) is 125 cm³/mol. The summed E-state index contributed by atoms with van der Waals surface area (Å²) in [6.07, 6.45) is 17.2. The van der Waals surface area contributed by atoms with E-state index in [-0.39, 0.29) is 30.0 Å². The van der Waals surface area contributed by atoms with Crippen molar-refractivity contribution in [3.63, 3.8) is 0 Å². The van der Waals surface area contributed by atoms with Gasteiger partial charge in [-0.05, 0) is 97.7 Å². The summed E-state index contributed by atoms with van der Waals surface area (Å²) in [5.74, 6) is 5.46. The van der Waals surface area contributed by atoms with E-state index in [0.717, 1.165) is 48.3 Å². The van der Waals surface area contributed by atoms with E-state index in [1.165, 1.54) is 57.8 Å². The molecular weight excluding hydrogens is 459 g/mol. The molecule has 2 heteroatoms. The predicted octanol–water partition coefficient (Wildman–Crippen LogP) is 7.01. The van der Waals surface area contributed by atoms with Crippen molar-refractivity contribution in [1.82, 2.24) is 0 Å². The molecule has 4 aliphatic rings. The molecule has 4 aliphatic carbocycles. The minimum atomic E-state index is -0.0766. The molecule has 4 rings (SSSR count). The second-order valence-corrected chi connectivity index (χ2v) is 12.2. The van der Waals surface area contributed by atoms with Crippen molar-refractivity contribution < 1.29 is 5.11 Å². The van der Waals surface area contributed by atoms with Crippen molar-refractivity contribution in [2.75, 3.05) is 0 Å². The molecule has 29 heavy (non-hydrogen) atoms. The molecule has 0 aromatic carbocycles. The number of aliphatic hydroxyl groups excluding tert-OH is 1. The van der Waals surface area contributed by atoms with Crippen LogP contribution in [0.1, 0.15) is 105 Å². The van der Waals surface area contributed by atoms with Gasteiger partial charge in [-0.3, -0.25) is 0 Å². The van der Waals surface area contributed by atoms with Gasteiger partial charge in [-0.1, -0.05) is 65.5 Å². The Hall–Kier alpha value is 0.499. The van der Waals surface area contributed by atoms with Crippen molar-refractivity contribution >= 4 is 23.9 Å². The molecule has 0 bridgehead atoms. The Kier molecular flexibility index (Phi) is 7.63. The summed E-state index contributed by atoms with van der Waals surface area (Å²) in [5.41, 5.74) is 2.60. The second kappa shape index (κ2) is 9.16. The molecule has 0 aliphatic heterocycles. The molecule has 0 aromatic rings. The van der Waals surface area contributed by atoms with Crippen molar-refractivity contribution in [3.05, 3.63) is 11.6 Å². The minimum Gasteiger partial charge on any atom is -0.393 e. The smallest absolute Gasteiger partial charge is 0.0577 e. The van der Waals surface area contributed by atoms with Crippen molar-refractivity contribution in [1.29, 1.82) is 0 Å². The molecule has 1 nitrogen and oxygen atoms in total. The van der Waals surface area contributed by atoms with Crippen LogP contribution < -0.4 is 0 Å². The third-order valence-electron chi connectivity index (χ3n) is 10.3. The summed E-state index contributed by atoms with van der Waals surface area (Å²) < 4.78 is 0. The maximum Gasteiger partial charge on any atom is 0.0577 e. The van der Waals surface area contributed by atoms with E-state index in [0.29, 0.717) is 10.8 Å². The van der Waals surface area contributed by atoms with Crippen LogP contribution in [0.2, 0.25) is 0 Å². The van der Waals surface area contributed by atoms with Gasteiger partial charge >= 0.3 is 0 Å². The fourth-order valence-electron chi connectivity index (χ4n) is 8.67. The molecule has 0 unspecified atom stereocenters. The van der Waals surface area contributed by atoms with Gasteiger partial charge in [0.1, 0.15) is 0 Å². The van der Waals surface area contributed by atoms with Gasteiger partial charge in [-0.25, -0.2) is 0 Å². The topological polar surface area (TPSA) is 20.2 Å². The quantitative estimate of drug-likeness (QED) is 0.315. The van der Waals surface area contributed by atoms with E-state index in [4.69, 9.17) is 0 Å². The standard InChI is InChI=1S/C27H46O.Sn/c1-18(2)7-6-8-19(3)23-11-12-24-22-10-9-20-17-21(28)13-15-26(20,4)25(22)14-16-27(23,24)5;/h9,18-19,21-25,28H,6-8,10-17H2,1-5H3;/t19-,21+,22+,23-,24+,25+,26+,27-;/m1./s1. The molecule has 0 aromatic heterocycles. The maximum absolute atomic E-state index is 10.2. The van der Waals surface area contributed by atoms with E-state index < -0.39 is 0 Å². The third-order valence-corrected chi connectivity index (χ3v) is 10.3. The summed E-state index contributed by atoms with van der Waals surface area (Å²) in [4.78, 5) is 0. The van der Waals surface area contributed by atoms with Crippen molar-refractivity contribution in [2.45, 2.75) is 111 Å². The van der Waals surface area contributed by atoms with Crippen molar-refractivity contribution in [3.8, 4) is 0 Å². The van der Waals surface area contributed by atoms with Crippen LogP contribution in [-0.2, 0) is 0 Å². The van der Waals surface area contributed by atoms with E-state index in [9.17, 15) is 5.11 Å². The number of allylic oxidation sites excluding steroid dienone is 1. The van der Waals surface area contributed by atoms with Gasteiger partial charge in [0.15, 0.2) is 0 Å². The zero-order valence-corrected chi connectivity index (χ0v) is 22.7. The first-order valence-corrected chi connectivity index (χ1v) is 12.6. The van der Waals surface area contributed by atoms with Gasteiger partial charge < -0.3 is 5.11 Å². The Balaban J connectivity index is 0.00000240. The molecule has 0 heterocycles. The zero-order chi connectivity index (χ0) is 20.1. The third kappa shape index (κ3) is 4.26. The number of hydrogen-bond acceptors (Lipinski definition) is 1. The van der Waals surface area contributed by atoms with Crippen LogP contribution in [-0.4, -0.2) is 35.1 Å². The molecule has 1 N–H and O–H groups in total. The molecule has 3 saturated carbocycles. The van der Waals surface area contributed by atoms with Crippen LogP contribution >= 0.6 is 0 Å². The monoisotopic (exact) mass is 506 g/mol. The first-order chi connectivity index (χ1) is 13.3. The summed E-state index contributed by atoms with van der Waals surface area (Å²) in [6.45, 7) is 12.6. The molecular formula is C27H46OSn. The van der Waals surface area contributed by atoms with Crippen LogP contribution in [0.4, 0.5) is 0 Å². The fourth-order valence-corrected chi connectivity index (χ4v) is 8.67. The van der Waals surface area contributed by atoms with Crippen LogP contribution in [0.15, 0.2) is 11.6 Å². The molecule has 164 valence electrons. The van der Waals surface area contributed by atoms with Gasteiger partial charge in [0.25, 0.3) is 0 Å². The number of aliphatic hydroxyl groups is 1. The van der Waals surface area contributed by atoms with Gasteiger partial charge in [-0.2, -0.15) is 0 Å². The zero-order valence-electron chi connectivity index (χ0n) is 19.8. The van der Waals surface area contributed by atoms with Crippen LogP contribution in [0.3, 0.4) is 0 Å². The molecule has 4 radical (unpaired) electrons. The number of hydrogen-bond donors (Lipinski definition) is 1. The summed E-state index contributed by atoms with van der Waals surface area (Å²) in [6, 6.07) is 0. The Morgan fingerprint density at radius 3 is 2.48 bits per heavy atom. The van der Waals surface area contributed by atoms with Gasteiger partial charge in [0, 0.05) is 23.9 Å². The largest absolute Gasteiger partial charge is 0.393 e. The fraction of sp³-hybridized carbons (Fsp3) is 0.926. The summed E-state index contributed by atoms with van der Waals surface area (Å²) >= 11 is 0. The van der Waals surface area contributed by atoms with E-state index in [1.54, 1.807) is 5.57 Å². The van der Waals surface area contributed by atoms with Crippen LogP contribution in [0.5, 0.6) is 0 Å². The minimum absolute atomic E-state index is 0. The number of rotatable bonds is 5. The van der Waals surface area contributed by atoms with Crippen molar-refractivity contribution in [2.24, 2.45) is 46.3 Å². The Morgan fingerprint density at radius 1 is 1.00 bits per heavy atom. The van der Waals surface area contributed by atoms with E-state index in [2.05, 4.69) is 40.7 Å². The van der Waals surface area contributed by atoms with E-state index >= 15 is 0 Å². The van der Waals surface area contributed by atoms with Gasteiger partial charge in [0.2, 0.25) is 0 Å². The van der Waals surface area contributed by atoms with Crippen LogP contribution in [0.25, 0.3) is 0 Å². The average molecular weight is 505 g/mol. The molecule has 8 atom stereocenters. The Morgan fingerprint density at radius 2 is 1.76 bits per heavy atom. The van der Waals surface area contributed by atoms with Crippen LogP contribution in [0, 0.1) is 46.3 Å². The molecule has 0 saturated heterocycles. The molecule has 0 amide bonds. The summed E-state index contributed by atoms with van der Waals surface area (Å²) in [7, 11) is 0. The molecule has 3 fully saturated rings. The van der Waals surface area contributed by atoms with Gasteiger partial charge in [-0.15, -0.1) is 0 Å². The Labute approximate surface area is 197 Å². The number of fused-ring (bicyclic) bond motifs is 5. The van der Waals surface area contributed by atoms with E-state index in [1.807, 2.05) is 0 Å². The SMILES string of the molecule is CC(C)CCC[C@@H](C)[C@H]1CC[C@H]2[C@@H]3CC=C4C[C@@H](O)CC[C@]4(C)[C@H]3CC[C@]12C.[Sn]. The second-order valence-electron chi connectivity index (χ2n) is 12.2. The van der Waals surface area contributed by atoms with Gasteiger partial charge in [0.05, 0.1) is 6.10 Å². The normalized spacial score (nSPS) is 44.9. The Bertz CT molecular complexity index is 597. The first kappa shape index (κ1) is 24.1.